The van der Waals surface area contributed by atoms with E-state index in [1.165, 1.54) is 48.5 Å². The third-order valence-corrected chi connectivity index (χ3v) is 5.44. The molecule has 3 amide bonds. The fraction of sp³-hybridized carbons (Fsp3) is 0.320. The lowest BCUT2D eigenvalue weighted by molar-refractivity contribution is -0.139. The Bertz CT molecular complexity index is 1140. The maximum Gasteiger partial charge on any atom is 0.322 e. The van der Waals surface area contributed by atoms with E-state index in [0.29, 0.717) is 11.1 Å². The van der Waals surface area contributed by atoms with Crippen LogP contribution in [0.2, 0.25) is 0 Å². The second kappa shape index (κ2) is 14.2. The van der Waals surface area contributed by atoms with Crippen molar-refractivity contribution in [2.24, 2.45) is 5.73 Å². The van der Waals surface area contributed by atoms with E-state index in [9.17, 15) is 34.2 Å². The molecule has 204 valence electrons. The first-order chi connectivity index (χ1) is 17.9. The molecule has 0 bridgehead atoms. The van der Waals surface area contributed by atoms with E-state index in [0.717, 1.165) is 0 Å². The van der Waals surface area contributed by atoms with Crippen LogP contribution in [0.4, 0.5) is 0 Å². The first kappa shape index (κ1) is 29.6. The van der Waals surface area contributed by atoms with Crippen molar-refractivity contribution < 1.29 is 44.4 Å². The second-order valence-electron chi connectivity index (χ2n) is 8.51. The molecule has 3 unspecified atom stereocenters. The van der Waals surface area contributed by atoms with Crippen molar-refractivity contribution in [3.8, 4) is 11.5 Å². The number of carbonyl (C=O) groups is 5. The zero-order chi connectivity index (χ0) is 28.2. The van der Waals surface area contributed by atoms with E-state index in [-0.39, 0.29) is 37.2 Å². The van der Waals surface area contributed by atoms with Crippen molar-refractivity contribution in [1.82, 2.24) is 16.0 Å². The van der Waals surface area contributed by atoms with Gasteiger partial charge in [0.05, 0.1) is 6.04 Å². The smallest absolute Gasteiger partial charge is 0.322 e. The topological polar surface area (TPSA) is 228 Å². The predicted molar refractivity (Wildman–Crippen MR) is 133 cm³/mol. The summed E-state index contributed by atoms with van der Waals surface area (Å²) < 4.78 is 0. The summed E-state index contributed by atoms with van der Waals surface area (Å²) in [4.78, 5) is 60.4. The Kier molecular flexibility index (Phi) is 11.0. The van der Waals surface area contributed by atoms with Crippen LogP contribution < -0.4 is 21.7 Å². The molecule has 38 heavy (non-hydrogen) atoms. The fourth-order valence-electron chi connectivity index (χ4n) is 3.40. The highest BCUT2D eigenvalue weighted by Gasteiger charge is 2.29. The zero-order valence-electron chi connectivity index (χ0n) is 20.3. The molecule has 0 aromatic heterocycles. The molecule has 0 aliphatic carbocycles. The number of nitrogens with two attached hydrogens (primary N) is 1. The Morgan fingerprint density at radius 2 is 1.13 bits per heavy atom. The van der Waals surface area contributed by atoms with Crippen LogP contribution in [-0.2, 0) is 36.8 Å². The molecule has 13 nitrogen and oxygen atoms in total. The molecule has 2 rings (SSSR count). The Labute approximate surface area is 217 Å². The summed E-state index contributed by atoms with van der Waals surface area (Å²) >= 11 is 0. The number of carboxylic acids is 2. The Morgan fingerprint density at radius 1 is 0.684 bits per heavy atom. The van der Waals surface area contributed by atoms with Crippen molar-refractivity contribution in [3.63, 3.8) is 0 Å². The lowest BCUT2D eigenvalue weighted by atomic mass is 10.0. The van der Waals surface area contributed by atoms with Gasteiger partial charge in [-0.15, -0.1) is 0 Å². The number of hydrogen-bond acceptors (Lipinski definition) is 8. The maximum absolute atomic E-state index is 13.3. The summed E-state index contributed by atoms with van der Waals surface area (Å²) in [6.45, 7) is -0.688. The number of amides is 3. The SMILES string of the molecule is NC(CCC(=O)O)C(=O)NC(Cc1ccc(O)cc1)C(=O)NC(Cc1ccc(O)cc1)C(=O)NCC(=O)O. The van der Waals surface area contributed by atoms with Crippen LogP contribution in [0.5, 0.6) is 11.5 Å². The Morgan fingerprint density at radius 3 is 1.58 bits per heavy atom. The Balaban J connectivity index is 2.25. The second-order valence-corrected chi connectivity index (χ2v) is 8.51. The minimum absolute atomic E-state index is 0.0134. The molecule has 0 aliphatic heterocycles. The van der Waals surface area contributed by atoms with Gasteiger partial charge in [0, 0.05) is 19.3 Å². The number of carbonyl (C=O) groups excluding carboxylic acids is 3. The highest BCUT2D eigenvalue weighted by Crippen LogP contribution is 2.14. The van der Waals surface area contributed by atoms with E-state index in [1.807, 2.05) is 0 Å². The summed E-state index contributed by atoms with van der Waals surface area (Å²) in [5.74, 6) is -4.82. The van der Waals surface area contributed by atoms with E-state index in [2.05, 4.69) is 16.0 Å². The van der Waals surface area contributed by atoms with Gasteiger partial charge in [0.25, 0.3) is 0 Å². The highest BCUT2D eigenvalue weighted by atomic mass is 16.4. The molecule has 0 spiro atoms. The van der Waals surface area contributed by atoms with Crippen LogP contribution >= 0.6 is 0 Å². The number of carboxylic acid groups (broad SMARTS) is 2. The van der Waals surface area contributed by atoms with Gasteiger partial charge in [-0.1, -0.05) is 24.3 Å². The fourth-order valence-corrected chi connectivity index (χ4v) is 3.40. The van der Waals surface area contributed by atoms with Crippen molar-refractivity contribution in [2.45, 2.75) is 43.8 Å². The standard InChI is InChI=1S/C25H30N4O9/c26-18(9-10-21(32)33)23(36)28-20(12-15-3-7-17(31)8-4-15)25(38)29-19(24(37)27-13-22(34)35)11-14-1-5-16(30)6-2-14/h1-8,18-20,30-31H,9-13,26H2,(H,27,37)(H,28,36)(H,29,38)(H,32,33)(H,34,35). The molecule has 2 aromatic rings. The number of phenolic OH excluding ortho intramolecular Hbond substituents is 2. The number of nitrogens with one attached hydrogen (secondary N) is 3. The first-order valence-electron chi connectivity index (χ1n) is 11.6. The van der Waals surface area contributed by atoms with E-state index in [4.69, 9.17) is 15.9 Å². The number of hydrogen-bond donors (Lipinski definition) is 8. The normalized spacial score (nSPS) is 13.0. The van der Waals surface area contributed by atoms with Gasteiger partial charge in [-0.3, -0.25) is 24.0 Å². The number of phenols is 2. The van der Waals surface area contributed by atoms with Gasteiger partial charge in [-0.25, -0.2) is 0 Å². The van der Waals surface area contributed by atoms with Gasteiger partial charge < -0.3 is 42.1 Å². The quantitative estimate of drug-likeness (QED) is 0.152. The van der Waals surface area contributed by atoms with Gasteiger partial charge in [-0.05, 0) is 41.8 Å². The summed E-state index contributed by atoms with van der Waals surface area (Å²) in [7, 11) is 0. The number of rotatable bonds is 14. The molecular weight excluding hydrogens is 500 g/mol. The molecule has 0 aliphatic rings. The summed E-state index contributed by atoms with van der Waals surface area (Å²) in [5.41, 5.74) is 6.88. The lowest BCUT2D eigenvalue weighted by Gasteiger charge is -2.24. The summed E-state index contributed by atoms with van der Waals surface area (Å²) in [6, 6.07) is 7.93. The molecule has 0 saturated heterocycles. The molecule has 3 atom stereocenters. The van der Waals surface area contributed by atoms with E-state index >= 15 is 0 Å². The van der Waals surface area contributed by atoms with Crippen molar-refractivity contribution in [3.05, 3.63) is 59.7 Å². The van der Waals surface area contributed by atoms with Crippen LogP contribution in [0.1, 0.15) is 24.0 Å². The van der Waals surface area contributed by atoms with Gasteiger partial charge in [0.2, 0.25) is 17.7 Å². The molecule has 0 radical (unpaired) electrons. The minimum atomic E-state index is -1.29. The van der Waals surface area contributed by atoms with Crippen molar-refractivity contribution in [1.29, 1.82) is 0 Å². The summed E-state index contributed by atoms with van der Waals surface area (Å²) in [6.07, 6.45) is -0.653. The average molecular weight is 531 g/mol. The molecule has 0 heterocycles. The minimum Gasteiger partial charge on any atom is -0.508 e. The maximum atomic E-state index is 13.3. The van der Waals surface area contributed by atoms with Crippen molar-refractivity contribution >= 4 is 29.7 Å². The van der Waals surface area contributed by atoms with Gasteiger partial charge in [-0.2, -0.15) is 0 Å². The number of benzene rings is 2. The monoisotopic (exact) mass is 530 g/mol. The van der Waals surface area contributed by atoms with Crippen LogP contribution in [0.15, 0.2) is 48.5 Å². The van der Waals surface area contributed by atoms with Crippen LogP contribution in [0.3, 0.4) is 0 Å². The van der Waals surface area contributed by atoms with E-state index < -0.39 is 54.3 Å². The highest BCUT2D eigenvalue weighted by molar-refractivity contribution is 5.94. The van der Waals surface area contributed by atoms with Crippen molar-refractivity contribution in [2.75, 3.05) is 6.54 Å². The lowest BCUT2D eigenvalue weighted by Crippen LogP contribution is -2.57. The molecule has 0 saturated carbocycles. The third-order valence-electron chi connectivity index (χ3n) is 5.44. The van der Waals surface area contributed by atoms with Crippen LogP contribution in [0.25, 0.3) is 0 Å². The first-order valence-corrected chi connectivity index (χ1v) is 11.6. The Hall–Kier alpha value is -4.65. The molecular formula is C25H30N4O9. The average Bonchev–Trinajstić information content (AvgIpc) is 2.87. The number of aromatic hydroxyl groups is 2. The summed E-state index contributed by atoms with van der Waals surface area (Å²) in [5, 5.41) is 44.0. The largest absolute Gasteiger partial charge is 0.508 e. The molecule has 0 fully saturated rings. The van der Waals surface area contributed by atoms with Crippen LogP contribution in [-0.4, -0.2) is 74.8 Å². The molecule has 13 heteroatoms. The zero-order valence-corrected chi connectivity index (χ0v) is 20.3. The van der Waals surface area contributed by atoms with Gasteiger partial charge >= 0.3 is 11.9 Å². The number of aliphatic carboxylic acids is 2. The van der Waals surface area contributed by atoms with E-state index in [1.54, 1.807) is 0 Å². The van der Waals surface area contributed by atoms with Crippen LogP contribution in [0, 0.1) is 0 Å². The van der Waals surface area contributed by atoms with Gasteiger partial charge in [0.1, 0.15) is 30.1 Å². The van der Waals surface area contributed by atoms with Gasteiger partial charge in [0.15, 0.2) is 0 Å². The predicted octanol–water partition coefficient (Wildman–Crippen LogP) is -0.754. The molecule has 2 aromatic carbocycles. The molecule has 9 N–H and O–H groups in total. The third kappa shape index (κ3) is 10.1.